The monoisotopic (exact) mass is 163 g/mol. The Bertz CT molecular complexity index is 270. The van der Waals surface area contributed by atoms with Gasteiger partial charge in [0.05, 0.1) is 6.61 Å². The van der Waals surface area contributed by atoms with Crippen LogP contribution in [0.2, 0.25) is 0 Å². The fourth-order valence-electron chi connectivity index (χ4n) is 1.67. The van der Waals surface area contributed by atoms with E-state index in [1.807, 2.05) is 12.1 Å². The third-order valence-corrected chi connectivity index (χ3v) is 2.31. The number of rotatable bonds is 2. The fourth-order valence-corrected chi connectivity index (χ4v) is 1.67. The SMILES string of the molecule is NCCC1COc2ccccc21. The molecule has 1 atom stereocenters. The average molecular weight is 163 g/mol. The molecule has 2 rings (SSSR count). The van der Waals surface area contributed by atoms with Crippen LogP contribution in [0, 0.1) is 0 Å². The molecule has 1 heterocycles. The molecule has 1 aromatic carbocycles. The maximum Gasteiger partial charge on any atom is 0.122 e. The van der Waals surface area contributed by atoms with Crippen LogP contribution in [0.3, 0.4) is 0 Å². The van der Waals surface area contributed by atoms with Crippen molar-refractivity contribution in [3.8, 4) is 5.75 Å². The molecule has 0 aliphatic carbocycles. The topological polar surface area (TPSA) is 35.2 Å². The summed E-state index contributed by atoms with van der Waals surface area (Å²) in [6, 6.07) is 8.20. The van der Waals surface area contributed by atoms with Crippen molar-refractivity contribution in [1.82, 2.24) is 0 Å². The van der Waals surface area contributed by atoms with Gasteiger partial charge in [0.25, 0.3) is 0 Å². The fraction of sp³-hybridized carbons (Fsp3) is 0.400. The minimum absolute atomic E-state index is 0.520. The van der Waals surface area contributed by atoms with Gasteiger partial charge in [-0.1, -0.05) is 18.2 Å². The van der Waals surface area contributed by atoms with Crippen LogP contribution in [-0.2, 0) is 0 Å². The molecule has 0 radical (unpaired) electrons. The lowest BCUT2D eigenvalue weighted by Gasteiger charge is -2.04. The zero-order valence-electron chi connectivity index (χ0n) is 6.99. The summed E-state index contributed by atoms with van der Waals surface area (Å²) in [4.78, 5) is 0. The first-order valence-corrected chi connectivity index (χ1v) is 4.33. The van der Waals surface area contributed by atoms with E-state index in [0.717, 1.165) is 25.3 Å². The second-order valence-corrected chi connectivity index (χ2v) is 3.12. The van der Waals surface area contributed by atoms with E-state index in [-0.39, 0.29) is 0 Å². The smallest absolute Gasteiger partial charge is 0.122 e. The Kier molecular flexibility index (Phi) is 2.00. The highest BCUT2D eigenvalue weighted by Gasteiger charge is 2.22. The lowest BCUT2D eigenvalue weighted by Crippen LogP contribution is -2.08. The highest BCUT2D eigenvalue weighted by atomic mass is 16.5. The van der Waals surface area contributed by atoms with E-state index in [9.17, 15) is 0 Å². The van der Waals surface area contributed by atoms with Crippen LogP contribution in [-0.4, -0.2) is 13.2 Å². The van der Waals surface area contributed by atoms with Crippen LogP contribution in [0.5, 0.6) is 5.75 Å². The molecule has 0 bridgehead atoms. The molecular formula is C10H13NO. The summed E-state index contributed by atoms with van der Waals surface area (Å²) in [6.07, 6.45) is 1.02. The van der Waals surface area contributed by atoms with Gasteiger partial charge in [0.2, 0.25) is 0 Å². The van der Waals surface area contributed by atoms with E-state index in [1.54, 1.807) is 0 Å². The number of nitrogens with two attached hydrogens (primary N) is 1. The zero-order valence-corrected chi connectivity index (χ0v) is 6.99. The minimum Gasteiger partial charge on any atom is -0.493 e. The molecule has 0 fully saturated rings. The second kappa shape index (κ2) is 3.15. The molecule has 2 N–H and O–H groups in total. The van der Waals surface area contributed by atoms with Gasteiger partial charge < -0.3 is 10.5 Å². The second-order valence-electron chi connectivity index (χ2n) is 3.12. The summed E-state index contributed by atoms with van der Waals surface area (Å²) >= 11 is 0. The maximum atomic E-state index is 5.51. The summed E-state index contributed by atoms with van der Waals surface area (Å²) in [7, 11) is 0. The predicted octanol–water partition coefficient (Wildman–Crippen LogP) is 1.51. The number of fused-ring (bicyclic) bond motifs is 1. The highest BCUT2D eigenvalue weighted by molar-refractivity contribution is 5.39. The first-order chi connectivity index (χ1) is 5.92. The first-order valence-electron chi connectivity index (χ1n) is 4.33. The Hall–Kier alpha value is -1.02. The summed E-state index contributed by atoms with van der Waals surface area (Å²) in [6.45, 7) is 1.54. The maximum absolute atomic E-state index is 5.51. The van der Waals surface area contributed by atoms with Gasteiger partial charge in [-0.3, -0.25) is 0 Å². The van der Waals surface area contributed by atoms with Crippen molar-refractivity contribution >= 4 is 0 Å². The Labute approximate surface area is 72.3 Å². The van der Waals surface area contributed by atoms with Crippen LogP contribution >= 0.6 is 0 Å². The third kappa shape index (κ3) is 1.18. The molecule has 2 heteroatoms. The van der Waals surface area contributed by atoms with Gasteiger partial charge in [-0.05, 0) is 19.0 Å². The van der Waals surface area contributed by atoms with E-state index in [2.05, 4.69) is 12.1 Å². The number of ether oxygens (including phenoxy) is 1. The van der Waals surface area contributed by atoms with Gasteiger partial charge in [-0.2, -0.15) is 0 Å². The Morgan fingerprint density at radius 2 is 2.25 bits per heavy atom. The molecule has 0 amide bonds. The van der Waals surface area contributed by atoms with Crippen molar-refractivity contribution in [2.24, 2.45) is 5.73 Å². The predicted molar refractivity (Wildman–Crippen MR) is 48.3 cm³/mol. The van der Waals surface area contributed by atoms with Crippen LogP contribution < -0.4 is 10.5 Å². The van der Waals surface area contributed by atoms with Crippen molar-refractivity contribution in [2.75, 3.05) is 13.2 Å². The van der Waals surface area contributed by atoms with E-state index in [1.165, 1.54) is 5.56 Å². The van der Waals surface area contributed by atoms with E-state index < -0.39 is 0 Å². The molecule has 0 spiro atoms. The molecule has 0 saturated heterocycles. The van der Waals surface area contributed by atoms with Gasteiger partial charge in [0.15, 0.2) is 0 Å². The van der Waals surface area contributed by atoms with Gasteiger partial charge in [-0.25, -0.2) is 0 Å². The third-order valence-electron chi connectivity index (χ3n) is 2.31. The quantitative estimate of drug-likeness (QED) is 0.717. The molecule has 12 heavy (non-hydrogen) atoms. The lowest BCUT2D eigenvalue weighted by atomic mass is 9.98. The van der Waals surface area contributed by atoms with E-state index in [4.69, 9.17) is 10.5 Å². The van der Waals surface area contributed by atoms with Crippen LogP contribution in [0.25, 0.3) is 0 Å². The Morgan fingerprint density at radius 3 is 3.08 bits per heavy atom. The molecule has 64 valence electrons. The zero-order chi connectivity index (χ0) is 8.39. The van der Waals surface area contributed by atoms with Gasteiger partial charge in [0, 0.05) is 11.5 Å². The molecular weight excluding hydrogens is 150 g/mol. The highest BCUT2D eigenvalue weighted by Crippen LogP contribution is 2.34. The number of para-hydroxylation sites is 1. The van der Waals surface area contributed by atoms with Crippen molar-refractivity contribution in [1.29, 1.82) is 0 Å². The summed E-state index contributed by atoms with van der Waals surface area (Å²) < 4.78 is 5.51. The first kappa shape index (κ1) is 7.62. The van der Waals surface area contributed by atoms with Crippen molar-refractivity contribution in [2.45, 2.75) is 12.3 Å². The summed E-state index contributed by atoms with van der Waals surface area (Å²) in [5.74, 6) is 1.56. The number of benzene rings is 1. The Morgan fingerprint density at radius 1 is 1.42 bits per heavy atom. The molecule has 1 aliphatic rings. The van der Waals surface area contributed by atoms with Crippen LogP contribution in [0.1, 0.15) is 17.9 Å². The van der Waals surface area contributed by atoms with Gasteiger partial charge >= 0.3 is 0 Å². The van der Waals surface area contributed by atoms with E-state index in [0.29, 0.717) is 5.92 Å². The lowest BCUT2D eigenvalue weighted by molar-refractivity contribution is 0.326. The number of hydrogen-bond acceptors (Lipinski definition) is 2. The number of hydrogen-bond donors (Lipinski definition) is 1. The molecule has 0 saturated carbocycles. The summed E-state index contributed by atoms with van der Waals surface area (Å²) in [5.41, 5.74) is 6.83. The van der Waals surface area contributed by atoms with Crippen molar-refractivity contribution in [3.63, 3.8) is 0 Å². The Balaban J connectivity index is 2.24. The van der Waals surface area contributed by atoms with Gasteiger partial charge in [-0.15, -0.1) is 0 Å². The largest absolute Gasteiger partial charge is 0.493 e. The average Bonchev–Trinajstić information content (AvgIpc) is 2.50. The van der Waals surface area contributed by atoms with E-state index >= 15 is 0 Å². The molecule has 1 unspecified atom stereocenters. The summed E-state index contributed by atoms with van der Waals surface area (Å²) in [5, 5.41) is 0. The van der Waals surface area contributed by atoms with Crippen molar-refractivity contribution < 1.29 is 4.74 Å². The van der Waals surface area contributed by atoms with Gasteiger partial charge in [0.1, 0.15) is 5.75 Å². The molecule has 2 nitrogen and oxygen atoms in total. The van der Waals surface area contributed by atoms with Crippen molar-refractivity contribution in [3.05, 3.63) is 29.8 Å². The molecule has 0 aromatic heterocycles. The normalized spacial score (nSPS) is 20.2. The van der Waals surface area contributed by atoms with Crippen LogP contribution in [0.4, 0.5) is 0 Å². The molecule has 1 aliphatic heterocycles. The molecule has 1 aromatic rings. The standard InChI is InChI=1S/C10H13NO/c11-6-5-8-7-12-10-4-2-1-3-9(8)10/h1-4,8H,5-7,11H2. The minimum atomic E-state index is 0.520. The van der Waals surface area contributed by atoms with Crippen LogP contribution in [0.15, 0.2) is 24.3 Å².